The number of rotatable bonds is 6. The number of carbonyl (C=O) groups is 3. The topological polar surface area (TPSA) is 83.9 Å². The van der Waals surface area contributed by atoms with E-state index >= 15 is 0 Å². The summed E-state index contributed by atoms with van der Waals surface area (Å²) >= 11 is 0. The van der Waals surface area contributed by atoms with Crippen LogP contribution < -0.4 is 0 Å². The molecule has 28 heavy (non-hydrogen) atoms. The van der Waals surface area contributed by atoms with Crippen LogP contribution in [0.5, 0.6) is 0 Å². The van der Waals surface area contributed by atoms with Crippen molar-refractivity contribution in [1.82, 2.24) is 4.90 Å². The van der Waals surface area contributed by atoms with Crippen molar-refractivity contribution >= 4 is 17.8 Å². The average molecular weight is 389 g/mol. The fourth-order valence-corrected chi connectivity index (χ4v) is 4.97. The Kier molecular flexibility index (Phi) is 6.21. The lowest BCUT2D eigenvalue weighted by Gasteiger charge is -2.49. The molecule has 0 saturated heterocycles. The van der Waals surface area contributed by atoms with E-state index in [1.165, 1.54) is 7.11 Å². The third-order valence-corrected chi connectivity index (χ3v) is 5.98. The van der Waals surface area contributed by atoms with Crippen molar-refractivity contribution in [1.29, 1.82) is 0 Å². The lowest BCUT2D eigenvalue weighted by atomic mass is 9.54. The first-order chi connectivity index (χ1) is 13.0. The molecule has 0 aliphatic heterocycles. The number of hydrogen-bond acceptors (Lipinski definition) is 4. The van der Waals surface area contributed by atoms with E-state index in [0.29, 0.717) is 13.0 Å². The molecular formula is C22H31NO5. The molecule has 0 bridgehead atoms. The Morgan fingerprint density at radius 1 is 1.00 bits per heavy atom. The zero-order chi connectivity index (χ0) is 21.2. The SMILES string of the molecule is COC(=O)[C@]1(C)C[C@@](C)(C(=O)O)C[C@@](C)(C(=O)N(C)CCc2ccccc2)C1. The summed E-state index contributed by atoms with van der Waals surface area (Å²) in [5.74, 6) is -1.59. The number of aliphatic carboxylic acids is 1. The summed E-state index contributed by atoms with van der Waals surface area (Å²) in [4.78, 5) is 39.4. The first-order valence-electron chi connectivity index (χ1n) is 9.57. The summed E-state index contributed by atoms with van der Waals surface area (Å²) in [5.41, 5.74) is -2.03. The number of ether oxygens (including phenoxy) is 1. The first kappa shape index (κ1) is 21.9. The molecule has 6 heteroatoms. The fraction of sp³-hybridized carbons (Fsp3) is 0.591. The molecule has 1 aromatic carbocycles. The normalized spacial score (nSPS) is 29.8. The van der Waals surface area contributed by atoms with Crippen LogP contribution in [0.4, 0.5) is 0 Å². The number of benzene rings is 1. The molecule has 0 spiro atoms. The summed E-state index contributed by atoms with van der Waals surface area (Å²) < 4.78 is 4.95. The number of methoxy groups -OCH3 is 1. The van der Waals surface area contributed by atoms with Crippen molar-refractivity contribution in [2.45, 2.75) is 46.5 Å². The molecule has 6 nitrogen and oxygen atoms in total. The van der Waals surface area contributed by atoms with Crippen molar-refractivity contribution in [2.24, 2.45) is 16.2 Å². The van der Waals surface area contributed by atoms with Gasteiger partial charge in [0.2, 0.25) is 5.91 Å². The highest BCUT2D eigenvalue weighted by Gasteiger charge is 2.58. The fourth-order valence-electron chi connectivity index (χ4n) is 4.97. The third-order valence-electron chi connectivity index (χ3n) is 5.98. The second-order valence-electron chi connectivity index (χ2n) is 8.97. The first-order valence-corrected chi connectivity index (χ1v) is 9.57. The maximum atomic E-state index is 13.3. The monoisotopic (exact) mass is 389 g/mol. The van der Waals surface area contributed by atoms with Crippen molar-refractivity contribution < 1.29 is 24.2 Å². The highest BCUT2D eigenvalue weighted by Crippen LogP contribution is 2.55. The molecule has 0 radical (unpaired) electrons. The average Bonchev–Trinajstić information content (AvgIpc) is 2.64. The van der Waals surface area contributed by atoms with Crippen LogP contribution in [0.25, 0.3) is 0 Å². The number of esters is 1. The molecule has 0 aromatic heterocycles. The minimum absolute atomic E-state index is 0.134. The predicted octanol–water partition coefficient (Wildman–Crippen LogP) is 3.15. The van der Waals surface area contributed by atoms with Gasteiger partial charge in [-0.25, -0.2) is 0 Å². The van der Waals surface area contributed by atoms with Crippen molar-refractivity contribution in [3.63, 3.8) is 0 Å². The second kappa shape index (κ2) is 7.94. The molecule has 1 aliphatic rings. The third kappa shape index (κ3) is 4.37. The van der Waals surface area contributed by atoms with Crippen LogP contribution >= 0.6 is 0 Å². The van der Waals surface area contributed by atoms with E-state index in [-0.39, 0.29) is 25.2 Å². The maximum Gasteiger partial charge on any atom is 0.311 e. The number of carboxylic acids is 1. The standard InChI is InChI=1S/C22H31NO5/c1-20(17(24)23(4)12-11-16-9-7-6-8-10-16)13-21(2,18(25)26)15-22(3,14-20)19(27)28-5/h6-10H,11-15H2,1-5H3,(H,25,26)/t20-,21+,22+/m1/s1. The van der Waals surface area contributed by atoms with Crippen molar-refractivity contribution in [2.75, 3.05) is 20.7 Å². The second-order valence-corrected chi connectivity index (χ2v) is 8.97. The molecule has 1 fully saturated rings. The van der Waals surface area contributed by atoms with Crippen LogP contribution in [0.2, 0.25) is 0 Å². The molecule has 0 heterocycles. The van der Waals surface area contributed by atoms with E-state index in [2.05, 4.69) is 0 Å². The Labute approximate surface area is 166 Å². The summed E-state index contributed by atoms with van der Waals surface area (Å²) in [6.07, 6.45) is 1.32. The molecule has 1 aromatic rings. The lowest BCUT2D eigenvalue weighted by molar-refractivity contribution is -0.173. The summed E-state index contributed by atoms with van der Waals surface area (Å²) in [5, 5.41) is 9.81. The van der Waals surface area contributed by atoms with Crippen LogP contribution in [-0.4, -0.2) is 48.6 Å². The van der Waals surface area contributed by atoms with Crippen LogP contribution in [0.15, 0.2) is 30.3 Å². The predicted molar refractivity (Wildman–Crippen MR) is 106 cm³/mol. The zero-order valence-electron chi connectivity index (χ0n) is 17.4. The van der Waals surface area contributed by atoms with Gasteiger partial charge in [-0.1, -0.05) is 37.3 Å². The van der Waals surface area contributed by atoms with Gasteiger partial charge in [0.25, 0.3) is 0 Å². The van der Waals surface area contributed by atoms with Crippen LogP contribution in [0, 0.1) is 16.2 Å². The van der Waals surface area contributed by atoms with Crippen molar-refractivity contribution in [3.8, 4) is 0 Å². The van der Waals surface area contributed by atoms with Gasteiger partial charge in [0.05, 0.1) is 17.9 Å². The summed E-state index contributed by atoms with van der Waals surface area (Å²) in [6.45, 7) is 5.62. The molecule has 0 unspecified atom stereocenters. The maximum absolute atomic E-state index is 13.3. The van der Waals surface area contributed by atoms with E-state index in [9.17, 15) is 19.5 Å². The van der Waals surface area contributed by atoms with Crippen LogP contribution in [0.3, 0.4) is 0 Å². The Hall–Kier alpha value is -2.37. The largest absolute Gasteiger partial charge is 0.481 e. The van der Waals surface area contributed by atoms with Crippen LogP contribution in [0.1, 0.15) is 45.6 Å². The highest BCUT2D eigenvalue weighted by molar-refractivity contribution is 5.87. The smallest absolute Gasteiger partial charge is 0.311 e. The zero-order valence-corrected chi connectivity index (χ0v) is 17.4. The lowest BCUT2D eigenvalue weighted by Crippen LogP contribution is -2.54. The van der Waals surface area contributed by atoms with Gasteiger partial charge in [0.1, 0.15) is 0 Å². The molecular weight excluding hydrogens is 358 g/mol. The number of carbonyl (C=O) groups excluding carboxylic acids is 2. The minimum Gasteiger partial charge on any atom is -0.481 e. The van der Waals surface area contributed by atoms with Gasteiger partial charge in [0.15, 0.2) is 0 Å². The number of carboxylic acid groups (broad SMARTS) is 1. The molecule has 1 aliphatic carbocycles. The molecule has 3 atom stereocenters. The molecule has 2 rings (SSSR count). The molecule has 1 amide bonds. The summed E-state index contributed by atoms with van der Waals surface area (Å²) in [7, 11) is 3.03. The number of amides is 1. The van der Waals surface area contributed by atoms with Crippen molar-refractivity contribution in [3.05, 3.63) is 35.9 Å². The number of likely N-dealkylation sites (N-methyl/N-ethyl adjacent to an activating group) is 1. The Morgan fingerprint density at radius 2 is 1.54 bits per heavy atom. The summed E-state index contributed by atoms with van der Waals surface area (Å²) in [6, 6.07) is 9.88. The van der Waals surface area contributed by atoms with Gasteiger partial charge in [-0.3, -0.25) is 14.4 Å². The quantitative estimate of drug-likeness (QED) is 0.756. The minimum atomic E-state index is -1.17. The van der Waals surface area contributed by atoms with Gasteiger partial charge >= 0.3 is 11.9 Å². The molecule has 1 saturated carbocycles. The van der Waals surface area contributed by atoms with E-state index < -0.39 is 28.2 Å². The number of hydrogen-bond donors (Lipinski definition) is 1. The van der Waals surface area contributed by atoms with Gasteiger partial charge < -0.3 is 14.7 Å². The Balaban J connectivity index is 2.25. The van der Waals surface area contributed by atoms with Gasteiger partial charge in [-0.2, -0.15) is 0 Å². The Morgan fingerprint density at radius 3 is 2.07 bits per heavy atom. The highest BCUT2D eigenvalue weighted by atomic mass is 16.5. The van der Waals surface area contributed by atoms with E-state index in [0.717, 1.165) is 5.56 Å². The van der Waals surface area contributed by atoms with Gasteiger partial charge in [-0.15, -0.1) is 0 Å². The molecule has 154 valence electrons. The van der Waals surface area contributed by atoms with Gasteiger partial charge in [-0.05, 0) is 45.1 Å². The van der Waals surface area contributed by atoms with Gasteiger partial charge in [0, 0.05) is 19.0 Å². The molecule has 1 N–H and O–H groups in total. The number of nitrogens with zero attached hydrogens (tertiary/aromatic N) is 1. The van der Waals surface area contributed by atoms with Crippen LogP contribution in [-0.2, 0) is 25.5 Å². The Bertz CT molecular complexity index is 749. The van der Waals surface area contributed by atoms with E-state index in [1.807, 2.05) is 30.3 Å². The van der Waals surface area contributed by atoms with E-state index in [4.69, 9.17) is 4.74 Å². The van der Waals surface area contributed by atoms with E-state index in [1.54, 1.807) is 32.7 Å².